The van der Waals surface area contributed by atoms with Crippen LogP contribution in [0.4, 0.5) is 0 Å². The molecule has 2 rings (SSSR count). The van der Waals surface area contributed by atoms with Crippen molar-refractivity contribution in [1.82, 2.24) is 0 Å². The molecule has 5 heteroatoms. The third-order valence-electron chi connectivity index (χ3n) is 1.60. The molecule has 0 heterocycles. The van der Waals surface area contributed by atoms with Crippen LogP contribution < -0.4 is 10.8 Å². The van der Waals surface area contributed by atoms with E-state index in [9.17, 15) is 0 Å². The zero-order valence-electron chi connectivity index (χ0n) is 10.4. The third kappa shape index (κ3) is 12.4. The van der Waals surface area contributed by atoms with E-state index >= 15 is 0 Å². The van der Waals surface area contributed by atoms with Gasteiger partial charge in [0.05, 0.1) is 1.28 Å². The van der Waals surface area contributed by atoms with Crippen LogP contribution in [0, 0.1) is 0 Å². The van der Waals surface area contributed by atoms with Crippen molar-refractivity contribution in [2.24, 2.45) is 0 Å². The van der Waals surface area contributed by atoms with Crippen LogP contribution >= 0.6 is 37.8 Å². The summed E-state index contributed by atoms with van der Waals surface area (Å²) < 4.78 is 6.42. The van der Waals surface area contributed by atoms with Gasteiger partial charge in [0.25, 0.3) is 0 Å². The topological polar surface area (TPSA) is 0 Å². The number of rotatable bonds is 1. The summed E-state index contributed by atoms with van der Waals surface area (Å²) >= 11 is 3.77. The SMILES string of the molecule is Pc1ccccc1.[3H]PPS.[B]c1ccccc1. The summed E-state index contributed by atoms with van der Waals surface area (Å²) in [5.74, 6) is 0. The summed E-state index contributed by atoms with van der Waals surface area (Å²) in [5.41, 5.74) is 0.822. The Hall–Kier alpha value is 0.145. The van der Waals surface area contributed by atoms with Crippen molar-refractivity contribution in [1.29, 1.82) is 1.28 Å². The number of hydrogen-bond acceptors (Lipinski definition) is 1. The highest BCUT2D eigenvalue weighted by Crippen LogP contribution is 2.23. The number of hydrogen-bond donors (Lipinski definition) is 1. The molecule has 0 bridgehead atoms. The van der Waals surface area contributed by atoms with E-state index in [1.807, 2.05) is 60.7 Å². The van der Waals surface area contributed by atoms with E-state index in [2.05, 4.69) is 21.5 Å². The van der Waals surface area contributed by atoms with Crippen LogP contribution in [0.25, 0.3) is 0 Å². The second kappa shape index (κ2) is 12.6. The Morgan fingerprint density at radius 3 is 1.59 bits per heavy atom. The molecule has 2 aromatic carbocycles. The molecule has 0 aromatic heterocycles. The molecule has 0 saturated heterocycles. The Morgan fingerprint density at radius 2 is 1.41 bits per heavy atom. The minimum Gasteiger partial charge on any atom is -0.150 e. The average Bonchev–Trinajstić information content (AvgIpc) is 2.41. The lowest BCUT2D eigenvalue weighted by Gasteiger charge is -1.83. The van der Waals surface area contributed by atoms with Crippen LogP contribution in [0.1, 0.15) is 0 Å². The predicted octanol–water partition coefficient (Wildman–Crippen LogP) is 2.97. The maximum atomic E-state index is 6.42. The summed E-state index contributed by atoms with van der Waals surface area (Å²) in [6.45, 7) is 0. The Bertz CT molecular complexity index is 350. The Kier molecular flexibility index (Phi) is 11.3. The molecule has 0 saturated carbocycles. The van der Waals surface area contributed by atoms with Gasteiger partial charge in [0.1, 0.15) is 7.85 Å². The van der Waals surface area contributed by atoms with Gasteiger partial charge in [-0.25, -0.2) is 0 Å². The van der Waals surface area contributed by atoms with Gasteiger partial charge in [-0.05, 0) is 12.8 Å². The minimum absolute atomic E-state index is 0.282. The predicted molar refractivity (Wildman–Crippen MR) is 94.6 cm³/mol. The standard InChI is InChI=1S/C6H5B.C6H7P.H4P2S/c2*7-6-4-2-1-3-5-6;1-2-3/h1-5H;1-5H,7H2;2-3H,1H2/i;;1T. The van der Waals surface area contributed by atoms with Crippen molar-refractivity contribution >= 4 is 56.4 Å². The van der Waals surface area contributed by atoms with Crippen molar-refractivity contribution in [2.45, 2.75) is 0 Å². The van der Waals surface area contributed by atoms with E-state index in [1.54, 1.807) is 0 Å². The van der Waals surface area contributed by atoms with E-state index in [0.29, 0.717) is 7.47 Å². The Balaban J connectivity index is 0.000000253. The van der Waals surface area contributed by atoms with Gasteiger partial charge in [-0.3, -0.25) is 0 Å². The van der Waals surface area contributed by atoms with Crippen LogP contribution in [0.3, 0.4) is 0 Å². The Labute approximate surface area is 118 Å². The molecule has 2 aromatic rings. The van der Waals surface area contributed by atoms with Crippen molar-refractivity contribution in [3.8, 4) is 0 Å². The zero-order chi connectivity index (χ0) is 13.6. The quantitative estimate of drug-likeness (QED) is 0.467. The van der Waals surface area contributed by atoms with Gasteiger partial charge in [0, 0.05) is 0 Å². The second-order valence-electron chi connectivity index (χ2n) is 2.93. The highest BCUT2D eigenvalue weighted by Gasteiger charge is 1.72. The lowest BCUT2D eigenvalue weighted by molar-refractivity contribution is 1.78. The molecule has 17 heavy (non-hydrogen) atoms. The van der Waals surface area contributed by atoms with Crippen LogP contribution in [-0.4, -0.2) is 9.12 Å². The molecule has 0 aliphatic carbocycles. The normalized spacial score (nSPS) is 10.4. The smallest absolute Gasteiger partial charge is 0.113 e. The lowest BCUT2D eigenvalue weighted by atomic mass is 9.97. The molecule has 0 aliphatic heterocycles. The summed E-state index contributed by atoms with van der Waals surface area (Å²) in [5, 5.41) is 1.24. The van der Waals surface area contributed by atoms with Gasteiger partial charge in [-0.1, -0.05) is 66.1 Å². The van der Waals surface area contributed by atoms with Crippen LogP contribution in [-0.2, 0) is 0 Å². The number of thiol groups is 1. The fourth-order valence-corrected chi connectivity index (χ4v) is 1.13. The van der Waals surface area contributed by atoms with Crippen molar-refractivity contribution < 1.29 is 0 Å². The Morgan fingerprint density at radius 1 is 1.00 bits per heavy atom. The molecule has 0 spiro atoms. The third-order valence-corrected chi connectivity index (χ3v) is 1.98. The van der Waals surface area contributed by atoms with Crippen LogP contribution in [0.5, 0.6) is 0 Å². The van der Waals surface area contributed by atoms with Crippen LogP contribution in [0.2, 0.25) is 0 Å². The van der Waals surface area contributed by atoms with Crippen LogP contribution in [0.15, 0.2) is 60.7 Å². The molecule has 0 fully saturated rings. The summed E-state index contributed by atoms with van der Waals surface area (Å²) in [7, 11) is 8.80. The first kappa shape index (κ1) is 15.2. The molecular formula is C12H16BP3S. The van der Waals surface area contributed by atoms with Gasteiger partial charge in [-0.2, -0.15) is 12.2 Å². The largest absolute Gasteiger partial charge is 0.150 e. The van der Waals surface area contributed by atoms with Gasteiger partial charge in [0.15, 0.2) is 0 Å². The molecule has 88 valence electrons. The number of benzene rings is 2. The fraction of sp³-hybridized carbons (Fsp3) is 0. The second-order valence-corrected chi connectivity index (χ2v) is 6.51. The lowest BCUT2D eigenvalue weighted by Crippen LogP contribution is -1.97. The maximum Gasteiger partial charge on any atom is 0.113 e. The van der Waals surface area contributed by atoms with Crippen molar-refractivity contribution in [2.75, 3.05) is 0 Å². The first-order valence-electron chi connectivity index (χ1n) is 5.37. The molecule has 0 N–H and O–H groups in total. The monoisotopic (exact) mass is 298 g/mol. The molecule has 0 nitrogen and oxygen atoms in total. The first-order valence-corrected chi connectivity index (χ1v) is 9.24. The van der Waals surface area contributed by atoms with E-state index in [4.69, 9.17) is 9.12 Å². The van der Waals surface area contributed by atoms with E-state index in [-0.39, 0.29) is 8.87 Å². The van der Waals surface area contributed by atoms with E-state index < -0.39 is 0 Å². The van der Waals surface area contributed by atoms with Gasteiger partial charge < -0.3 is 0 Å². The van der Waals surface area contributed by atoms with Gasteiger partial charge in [0.2, 0.25) is 0 Å². The molecule has 0 amide bonds. The van der Waals surface area contributed by atoms with Gasteiger partial charge >= 0.3 is 0 Å². The van der Waals surface area contributed by atoms with Crippen molar-refractivity contribution in [3.63, 3.8) is 0 Å². The molecule has 2 radical (unpaired) electrons. The summed E-state index contributed by atoms with van der Waals surface area (Å²) in [6, 6.07) is 19.6. The molecular weight excluding hydrogens is 280 g/mol. The van der Waals surface area contributed by atoms with E-state index in [0.717, 1.165) is 5.46 Å². The fourth-order valence-electron chi connectivity index (χ4n) is 0.906. The molecule has 0 aliphatic rings. The highest BCUT2D eigenvalue weighted by atomic mass is 32.8. The van der Waals surface area contributed by atoms with E-state index in [1.165, 1.54) is 5.30 Å². The average molecular weight is 298 g/mol. The molecule has 3 atom stereocenters. The summed E-state index contributed by atoms with van der Waals surface area (Å²) in [4.78, 5) is 0. The van der Waals surface area contributed by atoms with Gasteiger partial charge in [-0.15, -0.1) is 18.1 Å². The molecule has 3 unspecified atom stereocenters. The minimum atomic E-state index is 0.282. The zero-order valence-corrected chi connectivity index (χ0v) is 13.4. The highest BCUT2D eigenvalue weighted by molar-refractivity contribution is 8.56. The first-order chi connectivity index (χ1) is 8.70. The summed E-state index contributed by atoms with van der Waals surface area (Å²) in [6.07, 6.45) is 0. The van der Waals surface area contributed by atoms with Crippen molar-refractivity contribution in [3.05, 3.63) is 60.7 Å². The maximum absolute atomic E-state index is 6.42.